The largest absolute Gasteiger partial charge is 0.504 e. The Bertz CT molecular complexity index is 1880. The summed E-state index contributed by atoms with van der Waals surface area (Å²) in [6.45, 7) is 2.11. The number of aromatic carboxylic acids is 1. The number of fused-ring (bicyclic) bond motifs is 3. The van der Waals surface area contributed by atoms with Gasteiger partial charge in [-0.15, -0.1) is 0 Å². The molecule has 0 amide bonds. The van der Waals surface area contributed by atoms with Gasteiger partial charge in [0.05, 0.1) is 21.9 Å². The fourth-order valence-corrected chi connectivity index (χ4v) is 4.79. The Morgan fingerprint density at radius 3 is 2.23 bits per heavy atom. The van der Waals surface area contributed by atoms with Crippen molar-refractivity contribution in [3.63, 3.8) is 0 Å². The van der Waals surface area contributed by atoms with E-state index < -0.39 is 80.8 Å². The van der Waals surface area contributed by atoms with Crippen LogP contribution in [0.25, 0.3) is 21.9 Å². The number of hydrogen-bond donors (Lipinski definition) is 5. The monoisotopic (exact) mass is 534 g/mol. The van der Waals surface area contributed by atoms with Gasteiger partial charge < -0.3 is 34.7 Å². The van der Waals surface area contributed by atoms with Crippen LogP contribution in [0.2, 0.25) is 0 Å². The summed E-state index contributed by atoms with van der Waals surface area (Å²) in [5.74, 6) is -8.49. The van der Waals surface area contributed by atoms with E-state index in [1.165, 1.54) is 6.92 Å². The number of carboxylic acid groups (broad SMARTS) is 1. The molecule has 5 N–H and O–H groups in total. The molecule has 0 aliphatic carbocycles. The van der Waals surface area contributed by atoms with Crippen LogP contribution in [0.1, 0.15) is 53.9 Å². The second-order valence-electron chi connectivity index (χ2n) is 9.01. The Balaban J connectivity index is 1.78. The van der Waals surface area contributed by atoms with Gasteiger partial charge >= 0.3 is 5.97 Å². The fourth-order valence-electron chi connectivity index (χ4n) is 4.79. The van der Waals surface area contributed by atoms with E-state index in [0.717, 1.165) is 31.2 Å². The van der Waals surface area contributed by atoms with E-state index in [9.17, 15) is 49.5 Å². The molecule has 0 fully saturated rings. The Kier molecular flexibility index (Phi) is 5.56. The molecule has 0 saturated heterocycles. The molecule has 12 nitrogen and oxygen atoms in total. The zero-order chi connectivity index (χ0) is 28.5. The molecule has 0 spiro atoms. The van der Waals surface area contributed by atoms with E-state index >= 15 is 0 Å². The molecule has 1 aliphatic heterocycles. The third-order valence-electron chi connectivity index (χ3n) is 6.68. The summed E-state index contributed by atoms with van der Waals surface area (Å²) in [7, 11) is 0. The van der Waals surface area contributed by atoms with Crippen LogP contribution < -0.4 is 10.2 Å². The molecule has 1 aliphatic rings. The highest BCUT2D eigenvalue weighted by atomic mass is 16.5. The lowest BCUT2D eigenvalue weighted by atomic mass is 9.84. The van der Waals surface area contributed by atoms with E-state index in [1.54, 1.807) is 0 Å². The molecule has 2 heterocycles. The van der Waals surface area contributed by atoms with Crippen molar-refractivity contribution in [1.29, 1.82) is 0 Å². The molecule has 1 aromatic heterocycles. The summed E-state index contributed by atoms with van der Waals surface area (Å²) >= 11 is 0. The molecule has 39 heavy (non-hydrogen) atoms. The lowest BCUT2D eigenvalue weighted by molar-refractivity contribution is 0.0689. The molecule has 198 valence electrons. The van der Waals surface area contributed by atoms with E-state index in [1.807, 2.05) is 0 Å². The highest BCUT2D eigenvalue weighted by Crippen LogP contribution is 2.39. The standard InChI is InChI=1S/C27H18O12/c1-8-10(22(32)13-7-38-17-5-15(30)14(29)4-11(17)23(13)33)3-12-24(34)20-18(39-26(12)19(8)9(2)28)6-16(31)25(35)21(20)27(36)37/h3-6,13,29-31,35H,7H2,1-2H3,(H,36,37). The number of carboxylic acids is 1. The molecule has 3 aromatic carbocycles. The Hall–Kier alpha value is -5.39. The predicted octanol–water partition coefficient (Wildman–Crippen LogP) is 3.05. The van der Waals surface area contributed by atoms with Crippen molar-refractivity contribution >= 4 is 45.3 Å². The molecule has 12 heteroatoms. The second kappa shape index (κ2) is 8.58. The third kappa shape index (κ3) is 3.64. The summed E-state index contributed by atoms with van der Waals surface area (Å²) in [6, 6.07) is 3.88. The first-order chi connectivity index (χ1) is 18.3. The average Bonchev–Trinajstić information content (AvgIpc) is 2.85. The van der Waals surface area contributed by atoms with Gasteiger partial charge in [-0.3, -0.25) is 19.2 Å². The lowest BCUT2D eigenvalue weighted by Crippen LogP contribution is -2.34. The summed E-state index contributed by atoms with van der Waals surface area (Å²) in [4.78, 5) is 64.8. The van der Waals surface area contributed by atoms with E-state index in [2.05, 4.69) is 0 Å². The number of phenols is 4. The van der Waals surface area contributed by atoms with Crippen molar-refractivity contribution in [2.24, 2.45) is 5.92 Å². The minimum absolute atomic E-state index is 0.0459. The lowest BCUT2D eigenvalue weighted by Gasteiger charge is -2.24. The van der Waals surface area contributed by atoms with Gasteiger partial charge in [-0.25, -0.2) is 4.79 Å². The number of Topliss-reactive ketones (excluding diaryl/α,β-unsaturated/α-hetero) is 3. The molecular formula is C27H18O12. The van der Waals surface area contributed by atoms with Gasteiger partial charge in [-0.2, -0.15) is 0 Å². The van der Waals surface area contributed by atoms with Gasteiger partial charge in [-0.05, 0) is 31.5 Å². The molecular weight excluding hydrogens is 516 g/mol. The van der Waals surface area contributed by atoms with E-state index in [-0.39, 0.29) is 39.0 Å². The van der Waals surface area contributed by atoms with E-state index in [0.29, 0.717) is 0 Å². The number of ketones is 3. The van der Waals surface area contributed by atoms with Gasteiger partial charge in [0.15, 0.2) is 40.3 Å². The summed E-state index contributed by atoms with van der Waals surface area (Å²) in [5, 5.41) is 48.2. The fraction of sp³-hybridized carbons (Fsp3) is 0.148. The molecule has 1 atom stereocenters. The van der Waals surface area contributed by atoms with Gasteiger partial charge in [0.1, 0.15) is 35.0 Å². The Morgan fingerprint density at radius 2 is 1.59 bits per heavy atom. The van der Waals surface area contributed by atoms with Crippen molar-refractivity contribution in [2.75, 3.05) is 6.61 Å². The van der Waals surface area contributed by atoms with Crippen molar-refractivity contribution in [3.05, 3.63) is 62.3 Å². The zero-order valence-corrected chi connectivity index (χ0v) is 20.2. The van der Waals surface area contributed by atoms with Crippen LogP contribution in [-0.2, 0) is 0 Å². The minimum atomic E-state index is -1.74. The normalized spacial score (nSPS) is 14.7. The van der Waals surface area contributed by atoms with Gasteiger partial charge in [0, 0.05) is 17.7 Å². The summed E-state index contributed by atoms with van der Waals surface area (Å²) in [5.41, 5.74) is -3.15. The first kappa shape index (κ1) is 25.3. The number of phenolic OH excluding ortho intramolecular Hbond substituents is 3. The minimum Gasteiger partial charge on any atom is -0.504 e. The number of carbonyl (C=O) groups excluding carboxylic acids is 3. The van der Waals surface area contributed by atoms with Crippen LogP contribution in [-0.4, -0.2) is 55.5 Å². The molecule has 4 aromatic rings. The van der Waals surface area contributed by atoms with Gasteiger partial charge in [0.25, 0.3) is 0 Å². The predicted molar refractivity (Wildman–Crippen MR) is 132 cm³/mol. The van der Waals surface area contributed by atoms with Crippen LogP contribution in [0.15, 0.2) is 33.5 Å². The molecule has 1 unspecified atom stereocenters. The SMILES string of the molecule is CC(=O)c1c(C)c(C(=O)C2COc3cc(O)c(O)cc3C2=O)cc2c(=O)c3c(C(=O)O)c(O)c(O)cc3oc12. The summed E-state index contributed by atoms with van der Waals surface area (Å²) in [6.07, 6.45) is 0. The number of aromatic hydroxyl groups is 4. The highest BCUT2D eigenvalue weighted by Gasteiger charge is 2.37. The van der Waals surface area contributed by atoms with Crippen LogP contribution in [0.3, 0.4) is 0 Å². The maximum atomic E-state index is 13.6. The third-order valence-corrected chi connectivity index (χ3v) is 6.68. The average molecular weight is 534 g/mol. The van der Waals surface area contributed by atoms with Crippen molar-refractivity contribution in [2.45, 2.75) is 13.8 Å². The quantitative estimate of drug-likeness (QED) is 0.111. The van der Waals surface area contributed by atoms with Crippen LogP contribution in [0.5, 0.6) is 28.7 Å². The zero-order valence-electron chi connectivity index (χ0n) is 20.2. The summed E-state index contributed by atoms with van der Waals surface area (Å²) < 4.78 is 11.2. The first-order valence-corrected chi connectivity index (χ1v) is 11.3. The molecule has 0 radical (unpaired) electrons. The van der Waals surface area contributed by atoms with Crippen LogP contribution in [0, 0.1) is 12.8 Å². The maximum absolute atomic E-state index is 13.6. The number of carbonyl (C=O) groups is 4. The topological polar surface area (TPSA) is 209 Å². The van der Waals surface area contributed by atoms with Crippen molar-refractivity contribution in [3.8, 4) is 28.7 Å². The highest BCUT2D eigenvalue weighted by molar-refractivity contribution is 6.21. The van der Waals surface area contributed by atoms with Crippen molar-refractivity contribution in [1.82, 2.24) is 0 Å². The number of ether oxygens (including phenoxy) is 1. The maximum Gasteiger partial charge on any atom is 0.340 e. The van der Waals surface area contributed by atoms with E-state index in [4.69, 9.17) is 9.15 Å². The number of benzene rings is 3. The molecule has 0 saturated carbocycles. The Morgan fingerprint density at radius 1 is 0.923 bits per heavy atom. The molecule has 5 rings (SSSR count). The van der Waals surface area contributed by atoms with Crippen molar-refractivity contribution < 1.29 is 53.9 Å². The number of rotatable bonds is 4. The van der Waals surface area contributed by atoms with Gasteiger partial charge in [0.2, 0.25) is 5.43 Å². The first-order valence-electron chi connectivity index (χ1n) is 11.3. The molecule has 0 bridgehead atoms. The smallest absolute Gasteiger partial charge is 0.340 e. The number of hydrogen-bond acceptors (Lipinski definition) is 11. The Labute approximate surface area is 216 Å². The van der Waals surface area contributed by atoms with Crippen LogP contribution in [0.4, 0.5) is 0 Å². The van der Waals surface area contributed by atoms with Gasteiger partial charge in [-0.1, -0.05) is 0 Å². The second-order valence-corrected chi connectivity index (χ2v) is 9.01. The van der Waals surface area contributed by atoms with Crippen LogP contribution >= 0.6 is 0 Å².